The fourth-order valence-corrected chi connectivity index (χ4v) is 4.07. The third kappa shape index (κ3) is 3.70. The molecule has 1 fully saturated rings. The summed E-state index contributed by atoms with van der Waals surface area (Å²) in [5.41, 5.74) is 0.932. The van der Waals surface area contributed by atoms with Crippen molar-refractivity contribution in [3.05, 3.63) is 29.8 Å². The molecule has 2 unspecified atom stereocenters. The van der Waals surface area contributed by atoms with Gasteiger partial charge in [-0.05, 0) is 26.3 Å². The lowest BCUT2D eigenvalue weighted by Gasteiger charge is -2.21. The van der Waals surface area contributed by atoms with Gasteiger partial charge in [0.25, 0.3) is 0 Å². The number of benzene rings is 1. The van der Waals surface area contributed by atoms with Crippen LogP contribution >= 0.6 is 0 Å². The van der Waals surface area contributed by atoms with Crippen LogP contribution < -0.4 is 10.1 Å². The summed E-state index contributed by atoms with van der Waals surface area (Å²) in [6.07, 6.45) is 0.662. The van der Waals surface area contributed by atoms with Crippen molar-refractivity contribution in [2.45, 2.75) is 32.4 Å². The van der Waals surface area contributed by atoms with E-state index in [2.05, 4.69) is 5.32 Å². The normalized spacial score (nSPS) is 26.6. The Hall–Kier alpha value is -1.07. The first-order chi connectivity index (χ1) is 9.02. The average molecular weight is 283 g/mol. The second-order valence-electron chi connectivity index (χ2n) is 4.99. The van der Waals surface area contributed by atoms with Crippen LogP contribution in [0.3, 0.4) is 0 Å². The Morgan fingerprint density at radius 3 is 2.84 bits per heavy atom. The molecule has 19 heavy (non-hydrogen) atoms. The minimum atomic E-state index is -3.00. The maximum atomic E-state index is 12.0. The minimum Gasteiger partial charge on any atom is -0.494 e. The van der Waals surface area contributed by atoms with Crippen molar-refractivity contribution in [3.63, 3.8) is 0 Å². The van der Waals surface area contributed by atoms with Crippen molar-refractivity contribution >= 4 is 9.84 Å². The van der Waals surface area contributed by atoms with Crippen LogP contribution in [0.25, 0.3) is 0 Å². The average Bonchev–Trinajstić information content (AvgIpc) is 2.49. The van der Waals surface area contributed by atoms with Gasteiger partial charge in [0.05, 0.1) is 18.1 Å². The van der Waals surface area contributed by atoms with Gasteiger partial charge < -0.3 is 10.1 Å². The molecule has 4 nitrogen and oxygen atoms in total. The number of hydrogen-bond acceptors (Lipinski definition) is 4. The van der Waals surface area contributed by atoms with Gasteiger partial charge in [-0.15, -0.1) is 0 Å². The summed E-state index contributed by atoms with van der Waals surface area (Å²) >= 11 is 0. The van der Waals surface area contributed by atoms with Gasteiger partial charge in [-0.3, -0.25) is 0 Å². The SMILES string of the molecule is CCOc1ccccc1C1CS(=O)(=O)CCC(C)N1. The zero-order valence-electron chi connectivity index (χ0n) is 11.4. The van der Waals surface area contributed by atoms with E-state index in [4.69, 9.17) is 4.74 Å². The number of ether oxygens (including phenoxy) is 1. The van der Waals surface area contributed by atoms with Crippen molar-refractivity contribution in [3.8, 4) is 5.75 Å². The topological polar surface area (TPSA) is 55.4 Å². The Morgan fingerprint density at radius 2 is 2.11 bits per heavy atom. The van der Waals surface area contributed by atoms with Crippen molar-refractivity contribution < 1.29 is 13.2 Å². The van der Waals surface area contributed by atoms with Crippen molar-refractivity contribution in [2.24, 2.45) is 0 Å². The van der Waals surface area contributed by atoms with E-state index in [9.17, 15) is 8.42 Å². The van der Waals surface area contributed by atoms with Crippen LogP contribution in [-0.2, 0) is 9.84 Å². The summed E-state index contributed by atoms with van der Waals surface area (Å²) in [7, 11) is -3.00. The lowest BCUT2D eigenvalue weighted by atomic mass is 10.1. The molecule has 1 saturated heterocycles. The third-order valence-corrected chi connectivity index (χ3v) is 5.06. The van der Waals surface area contributed by atoms with Crippen LogP contribution in [0.5, 0.6) is 5.75 Å². The summed E-state index contributed by atoms with van der Waals surface area (Å²) in [4.78, 5) is 0. The highest BCUT2D eigenvalue weighted by Crippen LogP contribution is 2.28. The molecule has 0 amide bonds. The Balaban J connectivity index is 2.33. The number of rotatable bonds is 3. The largest absolute Gasteiger partial charge is 0.494 e. The van der Waals surface area contributed by atoms with Crippen LogP contribution in [0.4, 0.5) is 0 Å². The lowest BCUT2D eigenvalue weighted by molar-refractivity contribution is 0.331. The molecule has 2 rings (SSSR count). The molecule has 0 radical (unpaired) electrons. The lowest BCUT2D eigenvalue weighted by Crippen LogP contribution is -2.31. The van der Waals surface area contributed by atoms with E-state index >= 15 is 0 Å². The van der Waals surface area contributed by atoms with Gasteiger partial charge in [-0.2, -0.15) is 0 Å². The molecule has 1 aliphatic rings. The van der Waals surface area contributed by atoms with E-state index < -0.39 is 9.84 Å². The van der Waals surface area contributed by atoms with E-state index in [1.807, 2.05) is 38.1 Å². The standard InChI is InChI=1S/C14H21NO3S/c1-3-18-14-7-5-4-6-12(14)13-10-19(16,17)9-8-11(2)15-13/h4-7,11,13,15H,3,8-10H2,1-2H3. The summed E-state index contributed by atoms with van der Waals surface area (Å²) in [6, 6.07) is 7.66. The first-order valence-corrected chi connectivity index (χ1v) is 8.52. The van der Waals surface area contributed by atoms with E-state index in [1.54, 1.807) is 0 Å². The maximum Gasteiger partial charge on any atom is 0.152 e. The molecule has 0 spiro atoms. The highest BCUT2D eigenvalue weighted by Gasteiger charge is 2.28. The molecule has 106 valence electrons. The molecule has 1 aromatic carbocycles. The molecule has 2 atom stereocenters. The smallest absolute Gasteiger partial charge is 0.152 e. The zero-order valence-corrected chi connectivity index (χ0v) is 12.2. The number of sulfone groups is 1. The minimum absolute atomic E-state index is 0.140. The summed E-state index contributed by atoms with van der Waals surface area (Å²) in [6.45, 7) is 4.53. The van der Waals surface area contributed by atoms with Gasteiger partial charge in [0, 0.05) is 17.6 Å². The zero-order chi connectivity index (χ0) is 13.9. The highest BCUT2D eigenvalue weighted by atomic mass is 32.2. The van der Waals surface area contributed by atoms with Crippen LogP contribution in [0.2, 0.25) is 0 Å². The Bertz CT molecular complexity index is 527. The van der Waals surface area contributed by atoms with E-state index in [1.165, 1.54) is 0 Å². The second kappa shape index (κ2) is 5.92. The molecule has 1 aliphatic heterocycles. The predicted molar refractivity (Wildman–Crippen MR) is 76.2 cm³/mol. The van der Waals surface area contributed by atoms with E-state index in [-0.39, 0.29) is 23.6 Å². The molecular formula is C14H21NO3S. The summed E-state index contributed by atoms with van der Waals surface area (Å²) in [5.74, 6) is 1.17. The van der Waals surface area contributed by atoms with Gasteiger partial charge >= 0.3 is 0 Å². The van der Waals surface area contributed by atoms with Gasteiger partial charge in [0.1, 0.15) is 5.75 Å². The van der Waals surface area contributed by atoms with Gasteiger partial charge in [-0.1, -0.05) is 18.2 Å². The first-order valence-electron chi connectivity index (χ1n) is 6.70. The number of hydrogen-bond donors (Lipinski definition) is 1. The monoisotopic (exact) mass is 283 g/mol. The van der Waals surface area contributed by atoms with Crippen LogP contribution in [0, 0.1) is 0 Å². The molecule has 1 heterocycles. The quantitative estimate of drug-likeness (QED) is 0.921. The fraction of sp³-hybridized carbons (Fsp3) is 0.571. The van der Waals surface area contributed by atoms with Gasteiger partial charge in [0.15, 0.2) is 9.84 Å². The van der Waals surface area contributed by atoms with Crippen molar-refractivity contribution in [2.75, 3.05) is 18.1 Å². The Morgan fingerprint density at radius 1 is 1.37 bits per heavy atom. The van der Waals surface area contributed by atoms with Crippen molar-refractivity contribution in [1.29, 1.82) is 0 Å². The third-order valence-electron chi connectivity index (χ3n) is 3.36. The first kappa shape index (κ1) is 14.3. The Labute approximate surface area is 115 Å². The molecular weight excluding hydrogens is 262 g/mol. The molecule has 0 aromatic heterocycles. The summed E-state index contributed by atoms with van der Waals surface area (Å²) < 4.78 is 29.6. The second-order valence-corrected chi connectivity index (χ2v) is 7.22. The van der Waals surface area contributed by atoms with Gasteiger partial charge in [-0.25, -0.2) is 8.42 Å². The van der Waals surface area contributed by atoms with E-state index in [0.717, 1.165) is 11.3 Å². The van der Waals surface area contributed by atoms with Gasteiger partial charge in [0.2, 0.25) is 0 Å². The Kier molecular flexibility index (Phi) is 4.47. The number of para-hydroxylation sites is 1. The molecule has 0 saturated carbocycles. The van der Waals surface area contributed by atoms with E-state index in [0.29, 0.717) is 13.0 Å². The van der Waals surface area contributed by atoms with Crippen LogP contribution in [0.15, 0.2) is 24.3 Å². The number of nitrogens with one attached hydrogen (secondary N) is 1. The van der Waals surface area contributed by atoms with Crippen LogP contribution in [-0.4, -0.2) is 32.6 Å². The fourth-order valence-electron chi connectivity index (χ4n) is 2.40. The maximum absolute atomic E-state index is 12.0. The van der Waals surface area contributed by atoms with Crippen LogP contribution in [0.1, 0.15) is 31.9 Å². The molecule has 5 heteroatoms. The molecule has 0 aliphatic carbocycles. The van der Waals surface area contributed by atoms with Crippen molar-refractivity contribution in [1.82, 2.24) is 5.32 Å². The molecule has 1 aromatic rings. The highest BCUT2D eigenvalue weighted by molar-refractivity contribution is 7.91. The molecule has 1 N–H and O–H groups in total. The summed E-state index contributed by atoms with van der Waals surface area (Å²) in [5, 5.41) is 3.39. The molecule has 0 bridgehead atoms. The predicted octanol–water partition coefficient (Wildman–Crippen LogP) is 1.92.